The van der Waals surface area contributed by atoms with Crippen LogP contribution in [0.4, 0.5) is 0 Å². The Morgan fingerprint density at radius 1 is 1.20 bits per heavy atom. The van der Waals surface area contributed by atoms with Crippen molar-refractivity contribution in [3.63, 3.8) is 0 Å². The van der Waals surface area contributed by atoms with Crippen molar-refractivity contribution in [1.29, 1.82) is 0 Å². The van der Waals surface area contributed by atoms with Crippen LogP contribution in [-0.4, -0.2) is 25.5 Å². The number of nitrogens with one attached hydrogen (secondary N) is 2. The molecular formula is C23H22N4O3. The molecule has 0 saturated carbocycles. The van der Waals surface area contributed by atoms with E-state index in [0.717, 1.165) is 16.8 Å². The summed E-state index contributed by atoms with van der Waals surface area (Å²) in [6.07, 6.45) is 1.87. The number of hydrogen-bond acceptors (Lipinski definition) is 4. The van der Waals surface area contributed by atoms with E-state index in [1.807, 2.05) is 55.9 Å². The zero-order valence-corrected chi connectivity index (χ0v) is 17.0. The van der Waals surface area contributed by atoms with Gasteiger partial charge in [-0.1, -0.05) is 12.1 Å². The summed E-state index contributed by atoms with van der Waals surface area (Å²) in [5.41, 5.74) is 4.31. The molecular weight excluding hydrogens is 380 g/mol. The Hall–Kier alpha value is -3.87. The van der Waals surface area contributed by atoms with E-state index in [1.54, 1.807) is 18.2 Å². The molecule has 0 saturated heterocycles. The molecule has 0 aliphatic rings. The molecule has 3 aromatic heterocycles. The molecule has 4 aromatic rings. The van der Waals surface area contributed by atoms with E-state index in [4.69, 9.17) is 0 Å². The standard InChI is InChI=1S/C23H22N4O3/c1-13-9-14(2)25-22(29)18(13)12-24-23(30)21-17-7-8-27(3)20(17)11-19(26-21)15-5-4-6-16(28)10-15/h4-11,28H,12H2,1-3H3,(H,24,30)(H,25,29). The molecule has 4 rings (SSSR count). The molecule has 1 amide bonds. The van der Waals surface area contributed by atoms with Gasteiger partial charge in [0.1, 0.15) is 11.4 Å². The molecule has 30 heavy (non-hydrogen) atoms. The van der Waals surface area contributed by atoms with E-state index >= 15 is 0 Å². The number of rotatable bonds is 4. The highest BCUT2D eigenvalue weighted by atomic mass is 16.3. The lowest BCUT2D eigenvalue weighted by molar-refractivity contribution is 0.0947. The van der Waals surface area contributed by atoms with Gasteiger partial charge in [0, 0.05) is 42.0 Å². The van der Waals surface area contributed by atoms with Gasteiger partial charge in [-0.3, -0.25) is 9.59 Å². The first-order valence-corrected chi connectivity index (χ1v) is 9.56. The minimum atomic E-state index is -0.368. The molecule has 7 heteroatoms. The van der Waals surface area contributed by atoms with E-state index in [9.17, 15) is 14.7 Å². The molecule has 3 heterocycles. The van der Waals surface area contributed by atoms with E-state index in [1.165, 1.54) is 0 Å². The lowest BCUT2D eigenvalue weighted by Gasteiger charge is -2.11. The Morgan fingerprint density at radius 2 is 2.00 bits per heavy atom. The second kappa shape index (κ2) is 7.51. The molecule has 0 radical (unpaired) electrons. The molecule has 3 N–H and O–H groups in total. The van der Waals surface area contributed by atoms with Crippen LogP contribution in [0.2, 0.25) is 0 Å². The summed E-state index contributed by atoms with van der Waals surface area (Å²) in [5, 5.41) is 13.4. The van der Waals surface area contributed by atoms with E-state index in [-0.39, 0.29) is 29.5 Å². The number of benzene rings is 1. The Kier molecular flexibility index (Phi) is 4.87. The molecule has 0 bridgehead atoms. The summed E-state index contributed by atoms with van der Waals surface area (Å²) >= 11 is 0. The number of phenols is 1. The number of carbonyl (C=O) groups is 1. The van der Waals surface area contributed by atoms with Crippen LogP contribution in [0.15, 0.2) is 53.5 Å². The molecule has 0 aliphatic heterocycles. The molecule has 0 fully saturated rings. The Bertz CT molecular complexity index is 1330. The highest BCUT2D eigenvalue weighted by Crippen LogP contribution is 2.27. The van der Waals surface area contributed by atoms with Crippen molar-refractivity contribution in [3.8, 4) is 17.0 Å². The topological polar surface area (TPSA) is 100 Å². The maximum absolute atomic E-state index is 13.0. The van der Waals surface area contributed by atoms with Gasteiger partial charge < -0.3 is 20.0 Å². The van der Waals surface area contributed by atoms with Gasteiger partial charge in [-0.25, -0.2) is 4.98 Å². The van der Waals surface area contributed by atoms with Crippen LogP contribution in [0.1, 0.15) is 27.3 Å². The first kappa shape index (κ1) is 19.4. The number of aromatic hydroxyl groups is 1. The number of aromatic nitrogens is 3. The number of hydrogen-bond donors (Lipinski definition) is 3. The highest BCUT2D eigenvalue weighted by molar-refractivity contribution is 6.05. The van der Waals surface area contributed by atoms with Gasteiger partial charge in [-0.15, -0.1) is 0 Å². The molecule has 0 aliphatic carbocycles. The summed E-state index contributed by atoms with van der Waals surface area (Å²) in [7, 11) is 1.89. The number of carbonyl (C=O) groups excluding carboxylic acids is 1. The van der Waals surface area contributed by atoms with Gasteiger partial charge >= 0.3 is 0 Å². The van der Waals surface area contributed by atoms with E-state index < -0.39 is 0 Å². The van der Waals surface area contributed by atoms with Crippen molar-refractivity contribution < 1.29 is 9.90 Å². The Labute approximate surface area is 173 Å². The number of pyridine rings is 2. The third kappa shape index (κ3) is 3.57. The average molecular weight is 402 g/mol. The van der Waals surface area contributed by atoms with Crippen molar-refractivity contribution in [2.45, 2.75) is 20.4 Å². The maximum atomic E-state index is 13.0. The lowest BCUT2D eigenvalue weighted by atomic mass is 10.1. The minimum absolute atomic E-state index is 0.104. The predicted octanol–water partition coefficient (Wildman–Crippen LogP) is 3.18. The largest absolute Gasteiger partial charge is 0.508 e. The van der Waals surface area contributed by atoms with Gasteiger partial charge in [0.25, 0.3) is 11.5 Å². The van der Waals surface area contributed by atoms with Crippen molar-refractivity contribution in [1.82, 2.24) is 19.9 Å². The van der Waals surface area contributed by atoms with Crippen LogP contribution in [0.5, 0.6) is 5.75 Å². The third-order valence-corrected chi connectivity index (χ3v) is 5.16. The smallest absolute Gasteiger partial charge is 0.270 e. The van der Waals surface area contributed by atoms with E-state index in [2.05, 4.69) is 15.3 Å². The Morgan fingerprint density at radius 3 is 2.73 bits per heavy atom. The monoisotopic (exact) mass is 402 g/mol. The average Bonchev–Trinajstić information content (AvgIpc) is 3.07. The number of phenolic OH excluding ortho intramolecular Hbond substituents is 1. The van der Waals surface area contributed by atoms with Crippen LogP contribution in [-0.2, 0) is 13.6 Å². The second-order valence-corrected chi connectivity index (χ2v) is 7.39. The highest BCUT2D eigenvalue weighted by Gasteiger charge is 2.17. The molecule has 0 atom stereocenters. The predicted molar refractivity (Wildman–Crippen MR) is 116 cm³/mol. The fraction of sp³-hybridized carbons (Fsp3) is 0.174. The molecule has 1 aromatic carbocycles. The van der Waals surface area contributed by atoms with Gasteiger partial charge in [-0.05, 0) is 49.7 Å². The van der Waals surface area contributed by atoms with Crippen molar-refractivity contribution in [2.75, 3.05) is 0 Å². The first-order chi connectivity index (χ1) is 14.3. The number of aromatic amines is 1. The number of aryl methyl sites for hydroxylation is 3. The zero-order chi connectivity index (χ0) is 21.4. The zero-order valence-electron chi connectivity index (χ0n) is 17.0. The number of fused-ring (bicyclic) bond motifs is 1. The summed E-state index contributed by atoms with van der Waals surface area (Å²) < 4.78 is 1.91. The van der Waals surface area contributed by atoms with Crippen LogP contribution in [0.25, 0.3) is 22.2 Å². The SMILES string of the molecule is Cc1cc(C)c(CNC(=O)c2nc(-c3cccc(O)c3)cc3c2ccn3C)c(=O)[nH]1. The third-order valence-electron chi connectivity index (χ3n) is 5.16. The van der Waals surface area contributed by atoms with Crippen LogP contribution in [0.3, 0.4) is 0 Å². The Balaban J connectivity index is 1.73. The van der Waals surface area contributed by atoms with Gasteiger partial charge in [0.05, 0.1) is 11.2 Å². The second-order valence-electron chi connectivity index (χ2n) is 7.39. The lowest BCUT2D eigenvalue weighted by Crippen LogP contribution is -2.28. The number of amides is 1. The van der Waals surface area contributed by atoms with Crippen molar-refractivity contribution in [2.24, 2.45) is 7.05 Å². The summed E-state index contributed by atoms with van der Waals surface area (Å²) in [4.78, 5) is 32.6. The normalized spacial score (nSPS) is 11.0. The first-order valence-electron chi connectivity index (χ1n) is 9.56. The summed E-state index contributed by atoms with van der Waals surface area (Å²) in [5.74, 6) is -0.242. The number of H-pyrrole nitrogens is 1. The fourth-order valence-corrected chi connectivity index (χ4v) is 3.60. The van der Waals surface area contributed by atoms with E-state index in [0.29, 0.717) is 22.2 Å². The molecule has 0 unspecified atom stereocenters. The minimum Gasteiger partial charge on any atom is -0.508 e. The molecule has 152 valence electrons. The quantitative estimate of drug-likeness (QED) is 0.488. The van der Waals surface area contributed by atoms with Crippen LogP contribution >= 0.6 is 0 Å². The van der Waals surface area contributed by atoms with Crippen molar-refractivity contribution >= 4 is 16.8 Å². The van der Waals surface area contributed by atoms with Gasteiger partial charge in [0.15, 0.2) is 0 Å². The maximum Gasteiger partial charge on any atom is 0.270 e. The van der Waals surface area contributed by atoms with Crippen molar-refractivity contribution in [3.05, 3.63) is 81.5 Å². The fourth-order valence-electron chi connectivity index (χ4n) is 3.60. The van der Waals surface area contributed by atoms with Crippen LogP contribution < -0.4 is 10.9 Å². The molecule has 0 spiro atoms. The summed E-state index contributed by atoms with van der Waals surface area (Å²) in [6, 6.07) is 12.3. The summed E-state index contributed by atoms with van der Waals surface area (Å²) in [6.45, 7) is 3.77. The van der Waals surface area contributed by atoms with Gasteiger partial charge in [0.2, 0.25) is 0 Å². The van der Waals surface area contributed by atoms with Gasteiger partial charge in [-0.2, -0.15) is 0 Å². The van der Waals surface area contributed by atoms with Crippen LogP contribution in [0, 0.1) is 13.8 Å². The molecule has 7 nitrogen and oxygen atoms in total. The number of nitrogens with zero attached hydrogens (tertiary/aromatic N) is 2.